The van der Waals surface area contributed by atoms with Crippen molar-refractivity contribution >= 4 is 0 Å². The molecule has 0 aromatic carbocycles. The van der Waals surface area contributed by atoms with Crippen molar-refractivity contribution in [2.45, 2.75) is 70.9 Å². The fraction of sp³-hybridized carbons (Fsp3) is 0.800. The predicted octanol–water partition coefficient (Wildman–Crippen LogP) is 2.96. The molecule has 102 valence electrons. The summed E-state index contributed by atoms with van der Waals surface area (Å²) in [5.74, 6) is 0.618. The lowest BCUT2D eigenvalue weighted by atomic mass is 9.82. The molecular formula is C15H27N3. The Bertz CT molecular complexity index is 414. The second-order valence-corrected chi connectivity index (χ2v) is 6.78. The van der Waals surface area contributed by atoms with E-state index in [9.17, 15) is 0 Å². The van der Waals surface area contributed by atoms with Gasteiger partial charge in [0.05, 0.1) is 5.69 Å². The largest absolute Gasteiger partial charge is 0.311 e. The Labute approximate surface area is 111 Å². The van der Waals surface area contributed by atoms with Crippen molar-refractivity contribution in [3.63, 3.8) is 0 Å². The highest BCUT2D eigenvalue weighted by Crippen LogP contribution is 2.37. The molecule has 3 heteroatoms. The highest BCUT2D eigenvalue weighted by molar-refractivity contribution is 5.30. The van der Waals surface area contributed by atoms with Crippen LogP contribution in [0.25, 0.3) is 0 Å². The Balaban J connectivity index is 2.38. The molecule has 1 aliphatic rings. The van der Waals surface area contributed by atoms with Gasteiger partial charge in [-0.2, -0.15) is 5.10 Å². The summed E-state index contributed by atoms with van der Waals surface area (Å²) in [6.07, 6.45) is 4.65. The van der Waals surface area contributed by atoms with Gasteiger partial charge in [0.15, 0.2) is 0 Å². The van der Waals surface area contributed by atoms with E-state index in [4.69, 9.17) is 5.10 Å². The number of aromatic nitrogens is 2. The van der Waals surface area contributed by atoms with Gasteiger partial charge >= 0.3 is 0 Å². The lowest BCUT2D eigenvalue weighted by Crippen LogP contribution is -2.29. The van der Waals surface area contributed by atoms with Gasteiger partial charge in [0.2, 0.25) is 0 Å². The van der Waals surface area contributed by atoms with Gasteiger partial charge in [-0.05, 0) is 25.3 Å². The average molecular weight is 249 g/mol. The third-order valence-corrected chi connectivity index (χ3v) is 4.00. The van der Waals surface area contributed by atoms with Crippen LogP contribution in [0, 0.1) is 0 Å². The van der Waals surface area contributed by atoms with Crippen molar-refractivity contribution in [1.82, 2.24) is 15.1 Å². The standard InChI is InChI=1S/C15H27N3/c1-7-13-11(8-10(2)16-13)12-9-18(6)17-14(12)15(3,4)5/h9-11,13,16H,7-8H2,1-6H3. The van der Waals surface area contributed by atoms with Crippen molar-refractivity contribution < 1.29 is 0 Å². The van der Waals surface area contributed by atoms with Crippen molar-refractivity contribution in [1.29, 1.82) is 0 Å². The third-order valence-electron chi connectivity index (χ3n) is 4.00. The molecule has 0 aliphatic carbocycles. The van der Waals surface area contributed by atoms with Crippen LogP contribution in [0.1, 0.15) is 64.6 Å². The molecule has 3 nitrogen and oxygen atoms in total. The zero-order valence-corrected chi connectivity index (χ0v) is 12.6. The van der Waals surface area contributed by atoms with Crippen LogP contribution in [0.15, 0.2) is 6.20 Å². The molecule has 0 saturated carbocycles. The Morgan fingerprint density at radius 1 is 1.44 bits per heavy atom. The fourth-order valence-electron chi connectivity index (χ4n) is 3.20. The molecule has 1 N–H and O–H groups in total. The van der Waals surface area contributed by atoms with E-state index in [0.29, 0.717) is 18.0 Å². The molecule has 0 radical (unpaired) electrons. The van der Waals surface area contributed by atoms with E-state index in [1.54, 1.807) is 0 Å². The molecule has 18 heavy (non-hydrogen) atoms. The van der Waals surface area contributed by atoms with Gasteiger partial charge in [0.1, 0.15) is 0 Å². The fourth-order valence-corrected chi connectivity index (χ4v) is 3.20. The summed E-state index contributed by atoms with van der Waals surface area (Å²) in [5, 5.41) is 8.41. The van der Waals surface area contributed by atoms with Gasteiger partial charge in [-0.1, -0.05) is 27.7 Å². The zero-order valence-electron chi connectivity index (χ0n) is 12.6. The predicted molar refractivity (Wildman–Crippen MR) is 75.9 cm³/mol. The minimum Gasteiger partial charge on any atom is -0.311 e. The number of hydrogen-bond acceptors (Lipinski definition) is 2. The van der Waals surface area contributed by atoms with Gasteiger partial charge in [0.25, 0.3) is 0 Å². The van der Waals surface area contributed by atoms with Gasteiger partial charge in [0, 0.05) is 36.7 Å². The molecule has 3 atom stereocenters. The number of rotatable bonds is 2. The summed E-state index contributed by atoms with van der Waals surface area (Å²) in [5.41, 5.74) is 2.85. The summed E-state index contributed by atoms with van der Waals surface area (Å²) in [6, 6.07) is 1.22. The summed E-state index contributed by atoms with van der Waals surface area (Å²) >= 11 is 0. The van der Waals surface area contributed by atoms with Crippen LogP contribution in [0.4, 0.5) is 0 Å². The van der Waals surface area contributed by atoms with Gasteiger partial charge < -0.3 is 5.32 Å². The second-order valence-electron chi connectivity index (χ2n) is 6.78. The highest BCUT2D eigenvalue weighted by atomic mass is 15.3. The SMILES string of the molecule is CCC1NC(C)CC1c1cn(C)nc1C(C)(C)C. The molecule has 1 aromatic rings. The summed E-state index contributed by atoms with van der Waals surface area (Å²) in [6.45, 7) is 11.3. The first-order chi connectivity index (χ1) is 8.32. The minimum absolute atomic E-state index is 0.126. The van der Waals surface area contributed by atoms with E-state index < -0.39 is 0 Å². The van der Waals surface area contributed by atoms with Crippen LogP contribution in [0.3, 0.4) is 0 Å². The molecular weight excluding hydrogens is 222 g/mol. The summed E-state index contributed by atoms with van der Waals surface area (Å²) in [4.78, 5) is 0. The second kappa shape index (κ2) is 4.69. The van der Waals surface area contributed by atoms with Crippen LogP contribution in [-0.2, 0) is 12.5 Å². The average Bonchev–Trinajstić information content (AvgIpc) is 2.80. The third kappa shape index (κ3) is 2.46. The van der Waals surface area contributed by atoms with Crippen LogP contribution in [-0.4, -0.2) is 21.9 Å². The zero-order chi connectivity index (χ0) is 13.5. The molecule has 1 fully saturated rings. The summed E-state index contributed by atoms with van der Waals surface area (Å²) in [7, 11) is 2.03. The van der Waals surface area contributed by atoms with E-state index in [-0.39, 0.29) is 5.41 Å². The van der Waals surface area contributed by atoms with Crippen molar-refractivity contribution in [2.75, 3.05) is 0 Å². The van der Waals surface area contributed by atoms with E-state index in [2.05, 4.69) is 46.1 Å². The topological polar surface area (TPSA) is 29.9 Å². The quantitative estimate of drug-likeness (QED) is 0.873. The van der Waals surface area contributed by atoms with Crippen molar-refractivity contribution in [3.8, 4) is 0 Å². The van der Waals surface area contributed by atoms with Crippen molar-refractivity contribution in [3.05, 3.63) is 17.5 Å². The number of aryl methyl sites for hydroxylation is 1. The maximum Gasteiger partial charge on any atom is 0.0713 e. The first-order valence-electron chi connectivity index (χ1n) is 7.13. The van der Waals surface area contributed by atoms with Crippen molar-refractivity contribution in [2.24, 2.45) is 7.05 Å². The van der Waals surface area contributed by atoms with Crippen LogP contribution in [0.5, 0.6) is 0 Å². The smallest absolute Gasteiger partial charge is 0.0713 e. The van der Waals surface area contributed by atoms with E-state index >= 15 is 0 Å². The van der Waals surface area contributed by atoms with Crippen LogP contribution < -0.4 is 5.32 Å². The highest BCUT2D eigenvalue weighted by Gasteiger charge is 2.35. The number of nitrogens with zero attached hydrogens (tertiary/aromatic N) is 2. The minimum atomic E-state index is 0.126. The maximum absolute atomic E-state index is 4.71. The Kier molecular flexibility index (Phi) is 3.54. The molecule has 3 unspecified atom stereocenters. The lowest BCUT2D eigenvalue weighted by molar-refractivity contribution is 0.500. The molecule has 0 bridgehead atoms. The van der Waals surface area contributed by atoms with Crippen LogP contribution in [0.2, 0.25) is 0 Å². The Morgan fingerprint density at radius 2 is 2.11 bits per heavy atom. The lowest BCUT2D eigenvalue weighted by Gasteiger charge is -2.23. The number of hydrogen-bond donors (Lipinski definition) is 1. The van der Waals surface area contributed by atoms with Gasteiger partial charge in [-0.3, -0.25) is 4.68 Å². The van der Waals surface area contributed by atoms with E-state index in [1.807, 2.05) is 11.7 Å². The molecule has 1 aliphatic heterocycles. The molecule has 0 amide bonds. The Morgan fingerprint density at radius 3 is 2.67 bits per heavy atom. The molecule has 0 spiro atoms. The first kappa shape index (κ1) is 13.6. The van der Waals surface area contributed by atoms with Crippen LogP contribution >= 0.6 is 0 Å². The molecule has 2 heterocycles. The van der Waals surface area contributed by atoms with E-state index in [1.165, 1.54) is 24.1 Å². The summed E-state index contributed by atoms with van der Waals surface area (Å²) < 4.78 is 1.98. The normalized spacial score (nSPS) is 28.9. The molecule has 2 rings (SSSR count). The van der Waals surface area contributed by atoms with Gasteiger partial charge in [-0.25, -0.2) is 0 Å². The monoisotopic (exact) mass is 249 g/mol. The van der Waals surface area contributed by atoms with Gasteiger partial charge in [-0.15, -0.1) is 0 Å². The Hall–Kier alpha value is -0.830. The van der Waals surface area contributed by atoms with E-state index in [0.717, 1.165) is 0 Å². The maximum atomic E-state index is 4.71. The molecule has 1 saturated heterocycles. The number of nitrogens with one attached hydrogen (secondary N) is 1. The molecule has 1 aromatic heterocycles. The first-order valence-corrected chi connectivity index (χ1v) is 7.13.